The summed E-state index contributed by atoms with van der Waals surface area (Å²) in [4.78, 5) is 2.36. The van der Waals surface area contributed by atoms with Crippen molar-refractivity contribution in [2.24, 2.45) is 0 Å². The zero-order chi connectivity index (χ0) is 15.5. The van der Waals surface area contributed by atoms with Crippen LogP contribution in [-0.2, 0) is 21.1 Å². The molecule has 1 fully saturated rings. The van der Waals surface area contributed by atoms with Crippen molar-refractivity contribution in [2.75, 3.05) is 39.5 Å². The minimum Gasteiger partial charge on any atom is -0.459 e. The van der Waals surface area contributed by atoms with E-state index >= 15 is 0 Å². The van der Waals surface area contributed by atoms with Crippen LogP contribution in [0.3, 0.4) is 0 Å². The summed E-state index contributed by atoms with van der Waals surface area (Å²) in [6.45, 7) is 13.5. The van der Waals surface area contributed by atoms with Gasteiger partial charge in [0.1, 0.15) is 12.0 Å². The minimum absolute atomic E-state index is 0.113. The third kappa shape index (κ3) is 4.17. The average molecular weight is 331 g/mol. The molecular weight excluding hydrogens is 305 g/mol. The highest BCUT2D eigenvalue weighted by atomic mass is 32.4. The van der Waals surface area contributed by atoms with E-state index in [1.165, 1.54) is 0 Å². The largest absolute Gasteiger partial charge is 0.459 e. The molecule has 2 rings (SSSR count). The van der Waals surface area contributed by atoms with Crippen molar-refractivity contribution in [3.05, 3.63) is 17.9 Å². The number of hydrogen-bond donors (Lipinski definition) is 0. The fraction of sp³-hybridized carbons (Fsp3) is 0.733. The van der Waals surface area contributed by atoms with Crippen LogP contribution in [0.25, 0.3) is 0 Å². The number of furan rings is 1. The standard InChI is InChI=1S/C15H26NO3PS/c1-13-5-6-14(19-13)20(21,15(2,3)4)18-12-9-16-7-10-17-11-8-16/h5-6H,7-12H2,1-4H3. The van der Waals surface area contributed by atoms with E-state index in [4.69, 9.17) is 25.5 Å². The molecule has 0 N–H and O–H groups in total. The number of morpholine rings is 1. The van der Waals surface area contributed by atoms with Crippen LogP contribution in [0.5, 0.6) is 0 Å². The molecule has 21 heavy (non-hydrogen) atoms. The second-order valence-corrected chi connectivity index (χ2v) is 11.1. The van der Waals surface area contributed by atoms with E-state index < -0.39 is 6.26 Å². The van der Waals surface area contributed by atoms with Gasteiger partial charge in [0.2, 0.25) is 0 Å². The van der Waals surface area contributed by atoms with Gasteiger partial charge >= 0.3 is 0 Å². The second-order valence-electron chi connectivity index (χ2n) is 6.39. The summed E-state index contributed by atoms with van der Waals surface area (Å²) in [6.07, 6.45) is -2.19. The molecule has 0 amide bonds. The highest BCUT2D eigenvalue weighted by molar-refractivity contribution is 8.16. The van der Waals surface area contributed by atoms with Crippen LogP contribution in [0.1, 0.15) is 26.5 Å². The highest BCUT2D eigenvalue weighted by Gasteiger charge is 2.37. The van der Waals surface area contributed by atoms with Gasteiger partial charge in [0, 0.05) is 24.8 Å². The molecule has 4 nitrogen and oxygen atoms in total. The maximum absolute atomic E-state index is 6.25. The summed E-state index contributed by atoms with van der Waals surface area (Å²) >= 11 is 5.94. The lowest BCUT2D eigenvalue weighted by Crippen LogP contribution is -2.38. The first-order valence-corrected chi connectivity index (χ1v) is 10.2. The van der Waals surface area contributed by atoms with E-state index in [0.717, 1.165) is 44.1 Å². The van der Waals surface area contributed by atoms with Crippen LogP contribution < -0.4 is 5.50 Å². The molecule has 6 heteroatoms. The lowest BCUT2D eigenvalue weighted by Gasteiger charge is -2.34. The van der Waals surface area contributed by atoms with Gasteiger partial charge in [-0.1, -0.05) is 32.6 Å². The first-order chi connectivity index (χ1) is 9.83. The van der Waals surface area contributed by atoms with E-state index in [9.17, 15) is 0 Å². The fourth-order valence-corrected chi connectivity index (χ4v) is 4.86. The van der Waals surface area contributed by atoms with Crippen molar-refractivity contribution < 1.29 is 13.7 Å². The second kappa shape index (κ2) is 6.93. The van der Waals surface area contributed by atoms with Gasteiger partial charge < -0.3 is 13.7 Å². The zero-order valence-electron chi connectivity index (χ0n) is 13.4. The molecule has 1 aliphatic heterocycles. The lowest BCUT2D eigenvalue weighted by atomic mass is 10.3. The van der Waals surface area contributed by atoms with Gasteiger partial charge in [-0.15, -0.1) is 0 Å². The Kier molecular flexibility index (Phi) is 5.66. The highest BCUT2D eigenvalue weighted by Crippen LogP contribution is 2.58. The molecule has 0 spiro atoms. The molecule has 0 bridgehead atoms. The fourth-order valence-electron chi connectivity index (χ4n) is 2.29. The normalized spacial score (nSPS) is 20.4. The molecule has 1 aromatic heterocycles. The van der Waals surface area contributed by atoms with Gasteiger partial charge in [0.05, 0.1) is 19.8 Å². The van der Waals surface area contributed by atoms with Crippen LogP contribution in [0.15, 0.2) is 16.5 Å². The van der Waals surface area contributed by atoms with Crippen LogP contribution in [0.4, 0.5) is 0 Å². The average Bonchev–Trinajstić information content (AvgIpc) is 2.85. The number of aryl methyl sites for hydroxylation is 1. The summed E-state index contributed by atoms with van der Waals surface area (Å²) in [5.74, 6) is 0.889. The Morgan fingerprint density at radius 3 is 2.48 bits per heavy atom. The van der Waals surface area contributed by atoms with Crippen molar-refractivity contribution in [3.63, 3.8) is 0 Å². The Morgan fingerprint density at radius 2 is 1.95 bits per heavy atom. The van der Waals surface area contributed by atoms with Crippen LogP contribution in [0, 0.1) is 6.92 Å². The van der Waals surface area contributed by atoms with E-state index in [1.807, 2.05) is 19.1 Å². The van der Waals surface area contributed by atoms with Gasteiger partial charge in [-0.05, 0) is 19.1 Å². The third-order valence-corrected chi connectivity index (χ3v) is 9.32. The van der Waals surface area contributed by atoms with Crippen molar-refractivity contribution in [1.82, 2.24) is 4.90 Å². The van der Waals surface area contributed by atoms with Crippen molar-refractivity contribution in [2.45, 2.75) is 32.9 Å². The SMILES string of the molecule is Cc1ccc(P(=S)(OCCN2CCOCC2)C(C)(C)C)o1. The first-order valence-electron chi connectivity index (χ1n) is 7.45. The van der Waals surface area contributed by atoms with Crippen LogP contribution in [0.2, 0.25) is 0 Å². The predicted molar refractivity (Wildman–Crippen MR) is 90.3 cm³/mol. The van der Waals surface area contributed by atoms with E-state index in [-0.39, 0.29) is 5.16 Å². The monoisotopic (exact) mass is 331 g/mol. The number of ether oxygens (including phenoxy) is 1. The molecule has 1 aromatic rings. The lowest BCUT2D eigenvalue weighted by molar-refractivity contribution is 0.0328. The van der Waals surface area contributed by atoms with E-state index in [1.54, 1.807) is 0 Å². The molecule has 0 radical (unpaired) electrons. The van der Waals surface area contributed by atoms with Gasteiger partial charge in [-0.25, -0.2) is 0 Å². The maximum Gasteiger partial charge on any atom is 0.161 e. The Labute approximate surface area is 132 Å². The van der Waals surface area contributed by atoms with E-state index in [2.05, 4.69) is 25.7 Å². The Bertz CT molecular complexity index is 503. The zero-order valence-corrected chi connectivity index (χ0v) is 15.1. The van der Waals surface area contributed by atoms with Crippen LogP contribution >= 0.6 is 6.26 Å². The molecule has 1 atom stereocenters. The summed E-state index contributed by atoms with van der Waals surface area (Å²) in [5.41, 5.74) is 0.837. The molecule has 120 valence electrons. The molecule has 1 unspecified atom stereocenters. The summed E-state index contributed by atoms with van der Waals surface area (Å²) in [6, 6.07) is 3.95. The predicted octanol–water partition coefficient (Wildman–Crippen LogP) is 2.76. The molecule has 2 heterocycles. The van der Waals surface area contributed by atoms with Crippen LogP contribution in [-0.4, -0.2) is 49.5 Å². The Morgan fingerprint density at radius 1 is 1.29 bits per heavy atom. The van der Waals surface area contributed by atoms with Gasteiger partial charge in [-0.3, -0.25) is 4.90 Å². The summed E-state index contributed by atoms with van der Waals surface area (Å²) in [5, 5.41) is -0.113. The summed E-state index contributed by atoms with van der Waals surface area (Å²) in [7, 11) is 0. The van der Waals surface area contributed by atoms with Crippen molar-refractivity contribution in [1.29, 1.82) is 0 Å². The smallest absolute Gasteiger partial charge is 0.161 e. The van der Waals surface area contributed by atoms with Crippen molar-refractivity contribution >= 4 is 23.6 Å². The Balaban J connectivity index is 2.02. The molecular formula is C15H26NO3PS. The molecule has 0 aromatic carbocycles. The number of rotatable bonds is 5. The Hall–Kier alpha value is -0.190. The minimum atomic E-state index is -2.19. The third-order valence-electron chi connectivity index (χ3n) is 3.68. The van der Waals surface area contributed by atoms with Crippen molar-refractivity contribution in [3.8, 4) is 0 Å². The maximum atomic E-state index is 6.25. The van der Waals surface area contributed by atoms with E-state index in [0.29, 0.717) is 6.61 Å². The quantitative estimate of drug-likeness (QED) is 0.775. The topological polar surface area (TPSA) is 34.8 Å². The summed E-state index contributed by atoms with van der Waals surface area (Å²) < 4.78 is 17.4. The van der Waals surface area contributed by atoms with Gasteiger partial charge in [0.15, 0.2) is 5.50 Å². The van der Waals surface area contributed by atoms with Gasteiger partial charge in [-0.2, -0.15) is 0 Å². The first kappa shape index (κ1) is 17.2. The van der Waals surface area contributed by atoms with Gasteiger partial charge in [0.25, 0.3) is 0 Å². The number of hydrogen-bond acceptors (Lipinski definition) is 5. The molecule has 1 saturated heterocycles. The number of nitrogens with zero attached hydrogens (tertiary/aromatic N) is 1. The molecule has 1 aliphatic rings. The molecule has 0 saturated carbocycles. The molecule has 0 aliphatic carbocycles.